The molecule has 0 spiro atoms. The number of carbonyl (C=O) groups is 1. The average Bonchev–Trinajstić information content (AvgIpc) is 2.44. The van der Waals surface area contributed by atoms with E-state index in [1.54, 1.807) is 0 Å². The van der Waals surface area contributed by atoms with Crippen molar-refractivity contribution >= 4 is 5.91 Å². The number of hydrogen-bond acceptors (Lipinski definition) is 3. The summed E-state index contributed by atoms with van der Waals surface area (Å²) in [6, 6.07) is -0.695. The normalized spacial score (nSPS) is 30.5. The van der Waals surface area contributed by atoms with E-state index in [1.165, 1.54) is 4.90 Å². The monoisotopic (exact) mass is 329 g/mol. The van der Waals surface area contributed by atoms with Gasteiger partial charge in [-0.3, -0.25) is 9.69 Å². The first-order valence-electron chi connectivity index (χ1n) is 9.00. The Morgan fingerprint density at radius 2 is 1.78 bits per heavy atom. The predicted octanol–water partition coefficient (Wildman–Crippen LogP) is 1.81. The van der Waals surface area contributed by atoms with Crippen LogP contribution in [0.5, 0.6) is 0 Å². The predicted molar refractivity (Wildman–Crippen MR) is 85.4 cm³/mol. The Balaban J connectivity index is 1.57. The van der Waals surface area contributed by atoms with Gasteiger partial charge in [-0.05, 0) is 44.2 Å². The molecule has 0 aliphatic carbocycles. The standard InChI is InChI=1S/C17H29F2N3O/c1-12(2)13-3-6-21(7-4-13)15-5-8-22(11-17(15,18)19)16(23)14-9-20-10-14/h12-15,20H,3-11H2,1-2H3. The first kappa shape index (κ1) is 17.1. The second-order valence-electron chi connectivity index (χ2n) is 7.80. The Morgan fingerprint density at radius 3 is 2.26 bits per heavy atom. The molecule has 0 aromatic carbocycles. The summed E-state index contributed by atoms with van der Waals surface area (Å²) < 4.78 is 29.3. The highest BCUT2D eigenvalue weighted by Gasteiger charge is 2.49. The third-order valence-electron chi connectivity index (χ3n) is 5.96. The fourth-order valence-corrected chi connectivity index (χ4v) is 4.19. The minimum absolute atomic E-state index is 0.0934. The molecule has 3 saturated heterocycles. The lowest BCUT2D eigenvalue weighted by Gasteiger charge is -2.47. The molecule has 1 N–H and O–H groups in total. The fourth-order valence-electron chi connectivity index (χ4n) is 4.19. The molecule has 6 heteroatoms. The van der Waals surface area contributed by atoms with E-state index in [1.807, 2.05) is 4.90 Å². The number of nitrogens with one attached hydrogen (secondary N) is 1. The molecule has 1 unspecified atom stereocenters. The molecule has 0 saturated carbocycles. The van der Waals surface area contributed by atoms with Gasteiger partial charge in [0, 0.05) is 19.6 Å². The molecule has 3 aliphatic heterocycles. The van der Waals surface area contributed by atoms with Crippen LogP contribution in [0.1, 0.15) is 33.1 Å². The molecule has 0 aromatic rings. The van der Waals surface area contributed by atoms with Gasteiger partial charge in [-0.15, -0.1) is 0 Å². The topological polar surface area (TPSA) is 35.6 Å². The minimum atomic E-state index is -2.80. The van der Waals surface area contributed by atoms with Crippen molar-refractivity contribution in [3.63, 3.8) is 0 Å². The van der Waals surface area contributed by atoms with E-state index in [0.717, 1.165) is 25.9 Å². The van der Waals surface area contributed by atoms with Gasteiger partial charge in [0.2, 0.25) is 5.91 Å². The molecule has 1 amide bonds. The van der Waals surface area contributed by atoms with Crippen LogP contribution in [0, 0.1) is 17.8 Å². The summed E-state index contributed by atoms with van der Waals surface area (Å²) in [5, 5.41) is 3.03. The van der Waals surface area contributed by atoms with Crippen molar-refractivity contribution in [3.8, 4) is 0 Å². The van der Waals surface area contributed by atoms with Gasteiger partial charge < -0.3 is 10.2 Å². The van der Waals surface area contributed by atoms with Crippen LogP contribution in [0.3, 0.4) is 0 Å². The van der Waals surface area contributed by atoms with E-state index in [-0.39, 0.29) is 11.8 Å². The van der Waals surface area contributed by atoms with Crippen molar-refractivity contribution in [1.29, 1.82) is 0 Å². The average molecular weight is 329 g/mol. The van der Waals surface area contributed by atoms with Crippen LogP contribution in [0.2, 0.25) is 0 Å². The van der Waals surface area contributed by atoms with Gasteiger partial charge in [0.15, 0.2) is 0 Å². The summed E-state index contributed by atoms with van der Waals surface area (Å²) in [4.78, 5) is 15.6. The van der Waals surface area contributed by atoms with Crippen molar-refractivity contribution in [1.82, 2.24) is 15.1 Å². The van der Waals surface area contributed by atoms with Gasteiger partial charge in [0.25, 0.3) is 5.92 Å². The lowest BCUT2D eigenvalue weighted by Crippen LogP contribution is -2.62. The summed E-state index contributed by atoms with van der Waals surface area (Å²) in [7, 11) is 0. The van der Waals surface area contributed by atoms with Gasteiger partial charge >= 0.3 is 0 Å². The Labute approximate surface area is 137 Å². The molecule has 0 radical (unpaired) electrons. The Kier molecular flexibility index (Phi) is 4.93. The van der Waals surface area contributed by atoms with Crippen LogP contribution in [-0.4, -0.2) is 66.9 Å². The van der Waals surface area contributed by atoms with Crippen LogP contribution in [-0.2, 0) is 4.79 Å². The molecule has 132 valence electrons. The molecule has 3 fully saturated rings. The number of alkyl halides is 2. The third kappa shape index (κ3) is 3.53. The summed E-state index contributed by atoms with van der Waals surface area (Å²) >= 11 is 0. The van der Waals surface area contributed by atoms with E-state index >= 15 is 0 Å². The fraction of sp³-hybridized carbons (Fsp3) is 0.941. The summed E-state index contributed by atoms with van der Waals surface area (Å²) in [6.07, 6.45) is 2.42. The Hall–Kier alpha value is -0.750. The zero-order valence-electron chi connectivity index (χ0n) is 14.2. The molecular formula is C17H29F2N3O. The number of piperidine rings is 2. The second-order valence-corrected chi connectivity index (χ2v) is 7.80. The number of halogens is 2. The van der Waals surface area contributed by atoms with Crippen molar-refractivity contribution in [2.75, 3.05) is 39.3 Å². The Bertz CT molecular complexity index is 432. The van der Waals surface area contributed by atoms with Crippen molar-refractivity contribution in [2.45, 2.75) is 45.1 Å². The molecule has 0 bridgehead atoms. The molecule has 3 aliphatic rings. The van der Waals surface area contributed by atoms with Crippen LogP contribution < -0.4 is 5.32 Å². The van der Waals surface area contributed by atoms with E-state index < -0.39 is 18.5 Å². The quantitative estimate of drug-likeness (QED) is 0.858. The third-order valence-corrected chi connectivity index (χ3v) is 5.96. The molecule has 4 nitrogen and oxygen atoms in total. The number of likely N-dealkylation sites (tertiary alicyclic amines) is 2. The van der Waals surface area contributed by atoms with Crippen LogP contribution in [0.25, 0.3) is 0 Å². The zero-order valence-corrected chi connectivity index (χ0v) is 14.2. The number of hydrogen-bond donors (Lipinski definition) is 1. The van der Waals surface area contributed by atoms with Gasteiger partial charge in [-0.2, -0.15) is 0 Å². The second kappa shape index (κ2) is 6.63. The van der Waals surface area contributed by atoms with Gasteiger partial charge in [0.1, 0.15) is 0 Å². The highest BCUT2D eigenvalue weighted by atomic mass is 19.3. The lowest BCUT2D eigenvalue weighted by molar-refractivity contribution is -0.161. The SMILES string of the molecule is CC(C)C1CCN(C2CCN(C(=O)C3CNC3)CC2(F)F)CC1. The lowest BCUT2D eigenvalue weighted by atomic mass is 9.85. The van der Waals surface area contributed by atoms with Gasteiger partial charge in [0.05, 0.1) is 18.5 Å². The first-order chi connectivity index (χ1) is 10.9. The smallest absolute Gasteiger partial charge is 0.280 e. The van der Waals surface area contributed by atoms with Crippen LogP contribution >= 0.6 is 0 Å². The largest absolute Gasteiger partial charge is 0.336 e. The molecule has 3 rings (SSSR count). The highest BCUT2D eigenvalue weighted by Crippen LogP contribution is 2.35. The van der Waals surface area contributed by atoms with E-state index in [0.29, 0.717) is 37.9 Å². The summed E-state index contributed by atoms with van der Waals surface area (Å²) in [6.45, 7) is 7.30. The summed E-state index contributed by atoms with van der Waals surface area (Å²) in [5.74, 6) is -1.69. The molecule has 23 heavy (non-hydrogen) atoms. The zero-order chi connectivity index (χ0) is 16.6. The number of amides is 1. The maximum absolute atomic E-state index is 14.7. The highest BCUT2D eigenvalue weighted by molar-refractivity contribution is 5.80. The van der Waals surface area contributed by atoms with Crippen molar-refractivity contribution in [2.24, 2.45) is 17.8 Å². The van der Waals surface area contributed by atoms with E-state index in [4.69, 9.17) is 0 Å². The molecule has 3 heterocycles. The number of nitrogens with zero attached hydrogens (tertiary/aromatic N) is 2. The van der Waals surface area contributed by atoms with Crippen LogP contribution in [0.4, 0.5) is 8.78 Å². The number of carbonyl (C=O) groups excluding carboxylic acids is 1. The number of rotatable bonds is 3. The van der Waals surface area contributed by atoms with Crippen LogP contribution in [0.15, 0.2) is 0 Å². The van der Waals surface area contributed by atoms with Crippen molar-refractivity contribution < 1.29 is 13.6 Å². The molecule has 1 atom stereocenters. The molecule has 0 aromatic heterocycles. The van der Waals surface area contributed by atoms with Crippen molar-refractivity contribution in [3.05, 3.63) is 0 Å². The van der Waals surface area contributed by atoms with Gasteiger partial charge in [-0.1, -0.05) is 13.8 Å². The van der Waals surface area contributed by atoms with E-state index in [2.05, 4.69) is 19.2 Å². The minimum Gasteiger partial charge on any atom is -0.336 e. The maximum Gasteiger partial charge on any atom is 0.280 e. The Morgan fingerprint density at radius 1 is 1.13 bits per heavy atom. The molecular weight excluding hydrogens is 300 g/mol. The van der Waals surface area contributed by atoms with Gasteiger partial charge in [-0.25, -0.2) is 8.78 Å². The summed E-state index contributed by atoms with van der Waals surface area (Å²) in [5.41, 5.74) is 0. The first-order valence-corrected chi connectivity index (χ1v) is 9.00. The maximum atomic E-state index is 14.7. The van der Waals surface area contributed by atoms with E-state index in [9.17, 15) is 13.6 Å².